The van der Waals surface area contributed by atoms with Crippen LogP contribution in [0.4, 0.5) is 26.3 Å². The lowest BCUT2D eigenvalue weighted by molar-refractivity contribution is -0.288. The van der Waals surface area contributed by atoms with E-state index in [0.717, 1.165) is 28.8 Å². The van der Waals surface area contributed by atoms with Crippen LogP contribution in [0.15, 0.2) is 91.0 Å². The molecule has 4 aromatic carbocycles. The highest BCUT2D eigenvalue weighted by atomic mass is 19.4. The van der Waals surface area contributed by atoms with Crippen molar-refractivity contribution in [3.05, 3.63) is 141 Å². The van der Waals surface area contributed by atoms with Gasteiger partial charge in [0.15, 0.2) is 11.6 Å². The van der Waals surface area contributed by atoms with Crippen molar-refractivity contribution in [3.8, 4) is 0 Å². The molecule has 0 aliphatic rings. The van der Waals surface area contributed by atoms with Crippen molar-refractivity contribution in [2.45, 2.75) is 63.7 Å². The fourth-order valence-corrected chi connectivity index (χ4v) is 5.74. The molecule has 0 saturated carbocycles. The Morgan fingerprint density at radius 2 is 1.09 bits per heavy atom. The molecule has 4 nitrogen and oxygen atoms in total. The van der Waals surface area contributed by atoms with Crippen molar-refractivity contribution in [1.82, 2.24) is 0 Å². The van der Waals surface area contributed by atoms with Gasteiger partial charge in [0, 0.05) is 29.4 Å². The highest BCUT2D eigenvalue weighted by Gasteiger charge is 2.72. The zero-order chi connectivity index (χ0) is 34.9. The zero-order valence-corrected chi connectivity index (χ0v) is 26.0. The van der Waals surface area contributed by atoms with Gasteiger partial charge in [0.25, 0.3) is 0 Å². The van der Waals surface area contributed by atoms with Crippen molar-refractivity contribution < 1.29 is 45.8 Å². The minimum absolute atomic E-state index is 0.105. The lowest BCUT2D eigenvalue weighted by Gasteiger charge is -2.38. The first-order chi connectivity index (χ1) is 21.8. The van der Waals surface area contributed by atoms with E-state index in [1.165, 1.54) is 6.92 Å². The van der Waals surface area contributed by atoms with Crippen LogP contribution in [0.2, 0.25) is 0 Å². The van der Waals surface area contributed by atoms with Crippen molar-refractivity contribution in [1.29, 1.82) is 0 Å². The quantitative estimate of drug-likeness (QED) is 0.137. The Kier molecular flexibility index (Phi) is 9.58. The van der Waals surface area contributed by atoms with Crippen LogP contribution in [-0.4, -0.2) is 35.0 Å². The van der Waals surface area contributed by atoms with E-state index in [-0.39, 0.29) is 29.9 Å². The normalized spacial score (nSPS) is 12.6. The molecule has 4 rings (SSSR count). The predicted octanol–water partition coefficient (Wildman–Crippen LogP) is 9.45. The summed E-state index contributed by atoms with van der Waals surface area (Å²) < 4.78 is 88.1. The summed E-state index contributed by atoms with van der Waals surface area (Å²) in [6.07, 6.45) is -12.3. The average molecular weight is 655 g/mol. The molecule has 0 aliphatic heterocycles. The number of carbonyl (C=O) groups excluding carboxylic acids is 2. The van der Waals surface area contributed by atoms with E-state index in [2.05, 4.69) is 13.8 Å². The molecule has 0 spiro atoms. The van der Waals surface area contributed by atoms with Gasteiger partial charge in [0.1, 0.15) is 0 Å². The minimum atomic E-state index is -5.99. The van der Waals surface area contributed by atoms with Crippen LogP contribution in [0.25, 0.3) is 0 Å². The Labute approximate surface area is 268 Å². The second-order valence-electron chi connectivity index (χ2n) is 12.0. The highest BCUT2D eigenvalue weighted by molar-refractivity contribution is 6.06. The number of Topliss-reactive ketones (excluding diaryl/α,β-unsaturated/α-hetero) is 2. The van der Waals surface area contributed by atoms with Crippen LogP contribution in [-0.2, 0) is 17.3 Å². The third-order valence-corrected chi connectivity index (χ3v) is 8.61. The third kappa shape index (κ3) is 6.59. The molecule has 1 N–H and O–H groups in total. The molecule has 0 saturated heterocycles. The first-order valence-corrected chi connectivity index (χ1v) is 14.7. The van der Waals surface area contributed by atoms with E-state index in [9.17, 15) is 45.8 Å². The maximum atomic E-state index is 14.7. The van der Waals surface area contributed by atoms with Crippen molar-refractivity contribution >= 4 is 17.5 Å². The number of hydrogen-bond acceptors (Lipinski definition) is 3. The van der Waals surface area contributed by atoms with Gasteiger partial charge in [-0.15, -0.1) is 0 Å². The number of hydrogen-bond donors (Lipinski definition) is 1. The van der Waals surface area contributed by atoms with E-state index >= 15 is 0 Å². The molecule has 0 amide bonds. The molecule has 0 aromatic heterocycles. The van der Waals surface area contributed by atoms with Gasteiger partial charge in [-0.2, -0.15) is 26.3 Å². The Bertz CT molecular complexity index is 1770. The van der Waals surface area contributed by atoms with Crippen LogP contribution >= 0.6 is 0 Å². The standard InChI is InChI=1S/C37H32F6O4/c1-5-31(44)29-19-18-28(21-30(29)33(46)47)35(36(38,39)40,37(41,42)43)27-16-10-24(11-17-27)32(45)20-23-8-14-26(15-9-23)34(3,4)25-12-6-22(2)7-13-25/h6-19,21H,5,20H2,1-4H3,(H,46,47). The number of ketones is 2. The van der Waals surface area contributed by atoms with Crippen LogP contribution in [0.5, 0.6) is 0 Å². The molecule has 10 heteroatoms. The Hall–Kier alpha value is -4.73. The number of carboxylic acids is 1. The fraction of sp³-hybridized carbons (Fsp3) is 0.270. The monoisotopic (exact) mass is 654 g/mol. The maximum absolute atomic E-state index is 14.7. The van der Waals surface area contributed by atoms with Gasteiger partial charge >= 0.3 is 18.3 Å². The number of halogens is 6. The molecule has 0 heterocycles. The summed E-state index contributed by atoms with van der Waals surface area (Å²) in [5, 5.41) is 9.56. The van der Waals surface area contributed by atoms with Gasteiger partial charge in [-0.3, -0.25) is 9.59 Å². The molecule has 0 radical (unpaired) electrons. The SMILES string of the molecule is CCC(=O)c1ccc(C(c2ccc(C(=O)Cc3ccc(C(C)(C)c4ccc(C)cc4)cc3)cc2)(C(F)(F)F)C(F)(F)F)cc1C(=O)O. The van der Waals surface area contributed by atoms with Crippen LogP contribution in [0, 0.1) is 6.92 Å². The smallest absolute Gasteiger partial charge is 0.411 e. The average Bonchev–Trinajstić information content (AvgIpc) is 3.00. The van der Waals surface area contributed by atoms with Gasteiger partial charge in [0.05, 0.1) is 5.56 Å². The number of rotatable bonds is 10. The number of aryl methyl sites for hydroxylation is 1. The lowest BCUT2D eigenvalue weighted by atomic mass is 9.72. The first-order valence-electron chi connectivity index (χ1n) is 14.7. The molecule has 0 unspecified atom stereocenters. The minimum Gasteiger partial charge on any atom is -0.478 e. The molecular formula is C37H32F6O4. The van der Waals surface area contributed by atoms with E-state index in [1.807, 2.05) is 43.3 Å². The Morgan fingerprint density at radius 1 is 0.617 bits per heavy atom. The number of aromatic carboxylic acids is 1. The molecule has 0 aliphatic carbocycles. The van der Waals surface area contributed by atoms with Crippen molar-refractivity contribution in [2.24, 2.45) is 0 Å². The number of alkyl halides is 6. The summed E-state index contributed by atoms with van der Waals surface area (Å²) in [6.45, 7) is 7.49. The fourth-order valence-electron chi connectivity index (χ4n) is 5.74. The highest BCUT2D eigenvalue weighted by Crippen LogP contribution is 2.56. The molecule has 0 atom stereocenters. The van der Waals surface area contributed by atoms with Crippen molar-refractivity contribution in [3.63, 3.8) is 0 Å². The van der Waals surface area contributed by atoms with Gasteiger partial charge < -0.3 is 5.11 Å². The largest absolute Gasteiger partial charge is 0.478 e. The maximum Gasteiger partial charge on any atom is 0.411 e. The molecular weight excluding hydrogens is 622 g/mol. The second kappa shape index (κ2) is 12.8. The predicted molar refractivity (Wildman–Crippen MR) is 165 cm³/mol. The van der Waals surface area contributed by atoms with Gasteiger partial charge in [-0.1, -0.05) is 111 Å². The van der Waals surface area contributed by atoms with Crippen LogP contribution < -0.4 is 0 Å². The lowest BCUT2D eigenvalue weighted by Crippen LogP contribution is -2.54. The summed E-state index contributed by atoms with van der Waals surface area (Å²) >= 11 is 0. The van der Waals surface area contributed by atoms with Crippen molar-refractivity contribution in [2.75, 3.05) is 0 Å². The van der Waals surface area contributed by atoms with Gasteiger partial charge in [0.2, 0.25) is 5.41 Å². The molecule has 47 heavy (non-hydrogen) atoms. The molecule has 246 valence electrons. The number of carbonyl (C=O) groups is 3. The van der Waals surface area contributed by atoms with Gasteiger partial charge in [-0.05, 0) is 40.8 Å². The Morgan fingerprint density at radius 3 is 1.55 bits per heavy atom. The van der Waals surface area contributed by atoms with Crippen LogP contribution in [0.3, 0.4) is 0 Å². The van der Waals surface area contributed by atoms with Gasteiger partial charge in [-0.25, -0.2) is 4.79 Å². The summed E-state index contributed by atoms with van der Waals surface area (Å²) in [6, 6.07) is 19.7. The van der Waals surface area contributed by atoms with E-state index in [4.69, 9.17) is 0 Å². The molecule has 0 fully saturated rings. The first kappa shape index (κ1) is 35.1. The third-order valence-electron chi connectivity index (χ3n) is 8.61. The number of carboxylic acid groups (broad SMARTS) is 1. The second-order valence-corrected chi connectivity index (χ2v) is 12.0. The summed E-state index contributed by atoms with van der Waals surface area (Å²) in [4.78, 5) is 37.1. The Balaban J connectivity index is 1.68. The summed E-state index contributed by atoms with van der Waals surface area (Å²) in [7, 11) is 0. The molecule has 4 aromatic rings. The summed E-state index contributed by atoms with van der Waals surface area (Å²) in [5.74, 6) is -3.14. The topological polar surface area (TPSA) is 71.4 Å². The zero-order valence-electron chi connectivity index (χ0n) is 26.0. The van der Waals surface area contributed by atoms with E-state index in [1.54, 1.807) is 12.1 Å². The number of benzene rings is 4. The van der Waals surface area contributed by atoms with Crippen LogP contribution in [0.1, 0.15) is 91.6 Å². The summed E-state index contributed by atoms with van der Waals surface area (Å²) in [5.41, 5.74) is -5.47. The molecule has 0 bridgehead atoms. The van der Waals surface area contributed by atoms with E-state index in [0.29, 0.717) is 29.8 Å². The van der Waals surface area contributed by atoms with E-state index < -0.39 is 57.6 Å².